The molecule has 0 spiro atoms. The lowest BCUT2D eigenvalue weighted by molar-refractivity contribution is -0.123. The second kappa shape index (κ2) is 7.92. The van der Waals surface area contributed by atoms with Gasteiger partial charge < -0.3 is 19.5 Å². The highest BCUT2D eigenvalue weighted by atomic mass is 16.5. The van der Waals surface area contributed by atoms with Crippen LogP contribution in [0.25, 0.3) is 0 Å². The van der Waals surface area contributed by atoms with Gasteiger partial charge in [-0.2, -0.15) is 0 Å². The Labute approximate surface area is 147 Å². The Morgan fingerprint density at radius 1 is 1.24 bits per heavy atom. The lowest BCUT2D eigenvalue weighted by Gasteiger charge is -2.13. The summed E-state index contributed by atoms with van der Waals surface area (Å²) in [5.41, 5.74) is 2.06. The van der Waals surface area contributed by atoms with Gasteiger partial charge in [0.25, 0.3) is 5.91 Å². The van der Waals surface area contributed by atoms with Crippen LogP contribution in [0.15, 0.2) is 42.5 Å². The number of hydrogen-bond acceptors (Lipinski definition) is 4. The van der Waals surface area contributed by atoms with Crippen molar-refractivity contribution in [2.75, 3.05) is 13.2 Å². The van der Waals surface area contributed by atoms with Gasteiger partial charge in [-0.3, -0.25) is 4.79 Å². The van der Waals surface area contributed by atoms with E-state index in [2.05, 4.69) is 5.32 Å². The Balaban J connectivity index is 1.60. The van der Waals surface area contributed by atoms with E-state index in [4.69, 9.17) is 14.2 Å². The van der Waals surface area contributed by atoms with Crippen molar-refractivity contribution in [1.82, 2.24) is 5.32 Å². The number of para-hydroxylation sites is 1. The molecule has 3 rings (SSSR count). The number of ether oxygens (including phenoxy) is 3. The van der Waals surface area contributed by atoms with Gasteiger partial charge >= 0.3 is 0 Å². The summed E-state index contributed by atoms with van der Waals surface area (Å²) in [6.07, 6.45) is 1.06. The summed E-state index contributed by atoms with van der Waals surface area (Å²) in [5, 5.41) is 2.87. The summed E-state index contributed by atoms with van der Waals surface area (Å²) in [5.74, 6) is 2.16. The van der Waals surface area contributed by atoms with Crippen LogP contribution in [0.1, 0.15) is 25.0 Å². The van der Waals surface area contributed by atoms with Gasteiger partial charge in [0.1, 0.15) is 23.4 Å². The average Bonchev–Trinajstić information content (AvgIpc) is 2.98. The highest BCUT2D eigenvalue weighted by molar-refractivity contribution is 5.77. The number of carbonyl (C=O) groups excluding carboxylic acids is 1. The van der Waals surface area contributed by atoms with Crippen LogP contribution < -0.4 is 19.5 Å². The fraction of sp³-hybridized carbons (Fsp3) is 0.350. The van der Waals surface area contributed by atoms with Crippen LogP contribution in [0.3, 0.4) is 0 Å². The van der Waals surface area contributed by atoms with Crippen molar-refractivity contribution in [1.29, 1.82) is 0 Å². The molecule has 1 heterocycles. The number of nitrogens with one attached hydrogen (secondary N) is 1. The van der Waals surface area contributed by atoms with Crippen LogP contribution >= 0.6 is 0 Å². The van der Waals surface area contributed by atoms with E-state index < -0.39 is 0 Å². The molecule has 1 amide bonds. The Bertz CT molecular complexity index is 730. The van der Waals surface area contributed by atoms with E-state index >= 15 is 0 Å². The molecule has 0 saturated carbocycles. The first-order chi connectivity index (χ1) is 12.2. The summed E-state index contributed by atoms with van der Waals surface area (Å²) >= 11 is 0. The summed E-state index contributed by atoms with van der Waals surface area (Å²) in [6.45, 7) is 4.92. The minimum atomic E-state index is -0.180. The van der Waals surface area contributed by atoms with E-state index in [0.29, 0.717) is 18.9 Å². The molecule has 1 aliphatic heterocycles. The van der Waals surface area contributed by atoms with E-state index in [1.807, 2.05) is 56.3 Å². The van der Waals surface area contributed by atoms with Gasteiger partial charge in [0.2, 0.25) is 0 Å². The van der Waals surface area contributed by atoms with Gasteiger partial charge in [-0.25, -0.2) is 0 Å². The van der Waals surface area contributed by atoms with Crippen molar-refractivity contribution in [3.8, 4) is 17.2 Å². The third kappa shape index (κ3) is 4.44. The minimum Gasteiger partial charge on any atom is -0.494 e. The SMILES string of the molecule is CCOc1cc2c(cc1CNC(=O)COc1ccccc1)O[C@H](C)C2. The molecule has 1 N–H and O–H groups in total. The molecule has 1 atom stereocenters. The number of benzene rings is 2. The second-order valence-corrected chi connectivity index (χ2v) is 6.01. The zero-order valence-electron chi connectivity index (χ0n) is 14.6. The van der Waals surface area contributed by atoms with Crippen LogP contribution in [0.5, 0.6) is 17.2 Å². The van der Waals surface area contributed by atoms with Crippen LogP contribution in [-0.4, -0.2) is 25.2 Å². The average molecular weight is 341 g/mol. The molecule has 25 heavy (non-hydrogen) atoms. The van der Waals surface area contributed by atoms with Crippen molar-refractivity contribution in [2.24, 2.45) is 0 Å². The summed E-state index contributed by atoms with van der Waals surface area (Å²) in [4.78, 5) is 12.0. The van der Waals surface area contributed by atoms with Crippen LogP contribution in [0.2, 0.25) is 0 Å². The fourth-order valence-electron chi connectivity index (χ4n) is 2.82. The first-order valence-corrected chi connectivity index (χ1v) is 8.55. The zero-order chi connectivity index (χ0) is 17.6. The van der Waals surface area contributed by atoms with E-state index in [1.165, 1.54) is 0 Å². The molecule has 5 heteroatoms. The molecule has 132 valence electrons. The Morgan fingerprint density at radius 2 is 2.04 bits per heavy atom. The first-order valence-electron chi connectivity index (χ1n) is 8.55. The largest absolute Gasteiger partial charge is 0.494 e. The van der Waals surface area contributed by atoms with Crippen molar-refractivity contribution in [3.63, 3.8) is 0 Å². The number of carbonyl (C=O) groups is 1. The highest BCUT2D eigenvalue weighted by Gasteiger charge is 2.22. The third-order valence-corrected chi connectivity index (χ3v) is 3.97. The Kier molecular flexibility index (Phi) is 5.43. The van der Waals surface area contributed by atoms with Gasteiger partial charge in [-0.15, -0.1) is 0 Å². The van der Waals surface area contributed by atoms with Gasteiger partial charge in [0.15, 0.2) is 6.61 Å². The molecule has 1 aliphatic rings. The smallest absolute Gasteiger partial charge is 0.258 e. The van der Waals surface area contributed by atoms with Gasteiger partial charge in [0.05, 0.1) is 6.61 Å². The second-order valence-electron chi connectivity index (χ2n) is 6.01. The van der Waals surface area contributed by atoms with Crippen LogP contribution in [-0.2, 0) is 17.8 Å². The molecule has 5 nitrogen and oxygen atoms in total. The van der Waals surface area contributed by atoms with Gasteiger partial charge in [0, 0.05) is 24.1 Å². The van der Waals surface area contributed by atoms with Crippen molar-refractivity contribution >= 4 is 5.91 Å². The monoisotopic (exact) mass is 341 g/mol. The zero-order valence-corrected chi connectivity index (χ0v) is 14.6. The maximum atomic E-state index is 12.0. The van der Waals surface area contributed by atoms with E-state index in [9.17, 15) is 4.79 Å². The van der Waals surface area contributed by atoms with E-state index in [0.717, 1.165) is 29.0 Å². The lowest BCUT2D eigenvalue weighted by atomic mass is 10.1. The Morgan fingerprint density at radius 3 is 2.80 bits per heavy atom. The topological polar surface area (TPSA) is 56.8 Å². The number of amides is 1. The van der Waals surface area contributed by atoms with E-state index in [-0.39, 0.29) is 18.6 Å². The third-order valence-electron chi connectivity index (χ3n) is 3.97. The molecule has 0 saturated heterocycles. The molecule has 0 bridgehead atoms. The summed E-state index contributed by atoms with van der Waals surface area (Å²) in [7, 11) is 0. The molecule has 0 aliphatic carbocycles. The number of fused-ring (bicyclic) bond motifs is 1. The predicted molar refractivity (Wildman–Crippen MR) is 95.2 cm³/mol. The van der Waals surface area contributed by atoms with E-state index in [1.54, 1.807) is 0 Å². The highest BCUT2D eigenvalue weighted by Crippen LogP contribution is 2.35. The number of rotatable bonds is 7. The van der Waals surface area contributed by atoms with Crippen LogP contribution in [0.4, 0.5) is 0 Å². The minimum absolute atomic E-state index is 0.0214. The fourth-order valence-corrected chi connectivity index (χ4v) is 2.82. The molecule has 0 aromatic heterocycles. The quantitative estimate of drug-likeness (QED) is 0.841. The normalized spacial score (nSPS) is 15.2. The first kappa shape index (κ1) is 17.1. The standard InChI is InChI=1S/C20H23NO4/c1-3-23-18-10-15-9-14(2)25-19(15)11-16(18)12-21-20(22)13-24-17-7-5-4-6-8-17/h4-8,10-11,14H,3,9,12-13H2,1-2H3,(H,21,22)/t14-/m1/s1. The Hall–Kier alpha value is -2.69. The maximum absolute atomic E-state index is 12.0. The summed E-state index contributed by atoms with van der Waals surface area (Å²) < 4.78 is 17.0. The molecule has 0 fully saturated rings. The van der Waals surface area contributed by atoms with Crippen molar-refractivity contribution in [2.45, 2.75) is 32.9 Å². The van der Waals surface area contributed by atoms with Crippen molar-refractivity contribution in [3.05, 3.63) is 53.6 Å². The molecule has 2 aromatic rings. The van der Waals surface area contributed by atoms with Crippen LogP contribution in [0, 0.1) is 0 Å². The molecule has 2 aromatic carbocycles. The van der Waals surface area contributed by atoms with Gasteiger partial charge in [-0.05, 0) is 38.1 Å². The molecular weight excluding hydrogens is 318 g/mol. The predicted octanol–water partition coefficient (Wildman–Crippen LogP) is 3.10. The lowest BCUT2D eigenvalue weighted by Crippen LogP contribution is -2.28. The molecule has 0 radical (unpaired) electrons. The number of hydrogen-bond donors (Lipinski definition) is 1. The van der Waals surface area contributed by atoms with Crippen molar-refractivity contribution < 1.29 is 19.0 Å². The summed E-state index contributed by atoms with van der Waals surface area (Å²) in [6, 6.07) is 13.3. The molecule has 0 unspecified atom stereocenters. The maximum Gasteiger partial charge on any atom is 0.258 e. The van der Waals surface area contributed by atoms with Gasteiger partial charge in [-0.1, -0.05) is 18.2 Å². The molecular formula is C20H23NO4.